The van der Waals surface area contributed by atoms with E-state index in [0.29, 0.717) is 12.5 Å². The molecule has 0 aromatic heterocycles. The lowest BCUT2D eigenvalue weighted by Gasteiger charge is -2.29. The van der Waals surface area contributed by atoms with Gasteiger partial charge in [0.15, 0.2) is 0 Å². The third-order valence-electron chi connectivity index (χ3n) is 3.88. The monoisotopic (exact) mass is 211 g/mol. The highest BCUT2D eigenvalue weighted by Gasteiger charge is 2.27. The van der Waals surface area contributed by atoms with E-state index in [2.05, 4.69) is 5.32 Å². The molecule has 0 saturated heterocycles. The van der Waals surface area contributed by atoms with Crippen LogP contribution in [0, 0.1) is 11.8 Å². The normalized spacial score (nSPS) is 32.1. The molecule has 2 unspecified atom stereocenters. The molecule has 2 fully saturated rings. The minimum atomic E-state index is -0.194. The summed E-state index contributed by atoms with van der Waals surface area (Å²) in [5, 5.41) is 12.7. The SMILES string of the molecule is O=C(NCC1CCCCC1O)C1CCC1. The predicted molar refractivity (Wildman–Crippen MR) is 58.3 cm³/mol. The van der Waals surface area contributed by atoms with Gasteiger partial charge >= 0.3 is 0 Å². The van der Waals surface area contributed by atoms with Gasteiger partial charge in [-0.25, -0.2) is 0 Å². The quantitative estimate of drug-likeness (QED) is 0.742. The molecule has 0 radical (unpaired) electrons. The molecule has 3 nitrogen and oxygen atoms in total. The van der Waals surface area contributed by atoms with Crippen LogP contribution in [0.5, 0.6) is 0 Å². The molecule has 2 aliphatic carbocycles. The maximum atomic E-state index is 11.6. The third-order valence-corrected chi connectivity index (χ3v) is 3.88. The first-order chi connectivity index (χ1) is 7.27. The molecular formula is C12H21NO2. The lowest BCUT2D eigenvalue weighted by Crippen LogP contribution is -2.40. The highest BCUT2D eigenvalue weighted by molar-refractivity contribution is 5.79. The van der Waals surface area contributed by atoms with Crippen molar-refractivity contribution in [2.24, 2.45) is 11.8 Å². The van der Waals surface area contributed by atoms with Gasteiger partial charge in [-0.15, -0.1) is 0 Å². The second-order valence-electron chi connectivity index (χ2n) is 4.98. The summed E-state index contributed by atoms with van der Waals surface area (Å²) in [7, 11) is 0. The molecule has 2 saturated carbocycles. The number of amides is 1. The summed E-state index contributed by atoms with van der Waals surface area (Å²) < 4.78 is 0. The Labute approximate surface area is 91.2 Å². The molecule has 15 heavy (non-hydrogen) atoms. The zero-order valence-corrected chi connectivity index (χ0v) is 9.24. The van der Waals surface area contributed by atoms with Crippen LogP contribution in [0.3, 0.4) is 0 Å². The van der Waals surface area contributed by atoms with Crippen LogP contribution in [0.2, 0.25) is 0 Å². The van der Waals surface area contributed by atoms with Crippen LogP contribution < -0.4 is 5.32 Å². The van der Waals surface area contributed by atoms with E-state index in [1.165, 1.54) is 12.8 Å². The molecule has 0 aromatic carbocycles. The van der Waals surface area contributed by atoms with E-state index in [4.69, 9.17) is 0 Å². The van der Waals surface area contributed by atoms with Gasteiger partial charge in [-0.2, -0.15) is 0 Å². The highest BCUT2D eigenvalue weighted by Crippen LogP contribution is 2.27. The number of aliphatic hydroxyl groups is 1. The van der Waals surface area contributed by atoms with Gasteiger partial charge in [-0.1, -0.05) is 19.3 Å². The summed E-state index contributed by atoms with van der Waals surface area (Å²) in [4.78, 5) is 11.6. The molecule has 2 atom stereocenters. The third kappa shape index (κ3) is 2.71. The topological polar surface area (TPSA) is 49.3 Å². The Morgan fingerprint density at radius 1 is 1.13 bits per heavy atom. The number of nitrogens with one attached hydrogen (secondary N) is 1. The maximum absolute atomic E-state index is 11.6. The number of carbonyl (C=O) groups is 1. The van der Waals surface area contributed by atoms with Crippen LogP contribution in [-0.4, -0.2) is 23.7 Å². The van der Waals surface area contributed by atoms with Crippen molar-refractivity contribution < 1.29 is 9.90 Å². The fourth-order valence-electron chi connectivity index (χ4n) is 2.47. The van der Waals surface area contributed by atoms with Gasteiger partial charge in [0.25, 0.3) is 0 Å². The Morgan fingerprint density at radius 3 is 2.47 bits per heavy atom. The Kier molecular flexibility index (Phi) is 3.62. The van der Waals surface area contributed by atoms with Crippen molar-refractivity contribution in [3.05, 3.63) is 0 Å². The molecule has 0 aliphatic heterocycles. The minimum Gasteiger partial charge on any atom is -0.393 e. The van der Waals surface area contributed by atoms with Gasteiger partial charge in [0.05, 0.1) is 6.10 Å². The molecule has 1 amide bonds. The van der Waals surface area contributed by atoms with Crippen LogP contribution in [0.4, 0.5) is 0 Å². The van der Waals surface area contributed by atoms with E-state index in [0.717, 1.165) is 32.1 Å². The van der Waals surface area contributed by atoms with Crippen molar-refractivity contribution >= 4 is 5.91 Å². The second kappa shape index (κ2) is 4.97. The summed E-state index contributed by atoms with van der Waals surface area (Å²) in [5.74, 6) is 0.771. The van der Waals surface area contributed by atoms with Crippen molar-refractivity contribution in [3.8, 4) is 0 Å². The van der Waals surface area contributed by atoms with Crippen molar-refractivity contribution in [1.82, 2.24) is 5.32 Å². The van der Waals surface area contributed by atoms with Gasteiger partial charge in [0, 0.05) is 18.4 Å². The maximum Gasteiger partial charge on any atom is 0.223 e. The van der Waals surface area contributed by atoms with Crippen molar-refractivity contribution in [2.75, 3.05) is 6.54 Å². The van der Waals surface area contributed by atoms with E-state index >= 15 is 0 Å². The predicted octanol–water partition coefficient (Wildman–Crippen LogP) is 1.45. The van der Waals surface area contributed by atoms with E-state index in [-0.39, 0.29) is 17.9 Å². The number of hydrogen-bond acceptors (Lipinski definition) is 2. The molecule has 86 valence electrons. The first-order valence-electron chi connectivity index (χ1n) is 6.23. The number of rotatable bonds is 3. The van der Waals surface area contributed by atoms with Gasteiger partial charge < -0.3 is 10.4 Å². The molecule has 0 bridgehead atoms. The van der Waals surface area contributed by atoms with E-state index in [1.54, 1.807) is 0 Å². The summed E-state index contributed by atoms with van der Waals surface area (Å²) in [6.45, 7) is 0.677. The zero-order chi connectivity index (χ0) is 10.7. The van der Waals surface area contributed by atoms with Crippen LogP contribution in [-0.2, 0) is 4.79 Å². The summed E-state index contributed by atoms with van der Waals surface area (Å²) in [6, 6.07) is 0. The van der Waals surface area contributed by atoms with Gasteiger partial charge in [0.2, 0.25) is 5.91 Å². The lowest BCUT2D eigenvalue weighted by atomic mass is 9.83. The average Bonchev–Trinajstić information content (AvgIpc) is 2.14. The van der Waals surface area contributed by atoms with Gasteiger partial charge in [-0.05, 0) is 25.7 Å². The van der Waals surface area contributed by atoms with Crippen LogP contribution in [0.15, 0.2) is 0 Å². The summed E-state index contributed by atoms with van der Waals surface area (Å²) in [5.41, 5.74) is 0. The Hall–Kier alpha value is -0.570. The second-order valence-corrected chi connectivity index (χ2v) is 4.98. The summed E-state index contributed by atoms with van der Waals surface area (Å²) in [6.07, 6.45) is 7.41. The van der Waals surface area contributed by atoms with Crippen molar-refractivity contribution in [1.29, 1.82) is 0 Å². The zero-order valence-electron chi connectivity index (χ0n) is 9.24. The molecule has 2 N–H and O–H groups in total. The molecule has 3 heteroatoms. The van der Waals surface area contributed by atoms with E-state index in [1.807, 2.05) is 0 Å². The van der Waals surface area contributed by atoms with Gasteiger partial charge in [0.1, 0.15) is 0 Å². The van der Waals surface area contributed by atoms with Crippen LogP contribution in [0.1, 0.15) is 44.9 Å². The Morgan fingerprint density at radius 2 is 1.87 bits per heavy atom. The number of aliphatic hydroxyl groups excluding tert-OH is 1. The first-order valence-corrected chi connectivity index (χ1v) is 6.23. The largest absolute Gasteiger partial charge is 0.393 e. The van der Waals surface area contributed by atoms with Crippen molar-refractivity contribution in [3.63, 3.8) is 0 Å². The summed E-state index contributed by atoms with van der Waals surface area (Å²) >= 11 is 0. The molecule has 2 rings (SSSR count). The highest BCUT2D eigenvalue weighted by atomic mass is 16.3. The number of carbonyl (C=O) groups excluding carboxylic acids is 1. The van der Waals surface area contributed by atoms with Crippen LogP contribution in [0.25, 0.3) is 0 Å². The smallest absolute Gasteiger partial charge is 0.223 e. The first kappa shape index (κ1) is 10.9. The fraction of sp³-hybridized carbons (Fsp3) is 0.917. The Bertz CT molecular complexity index is 226. The minimum absolute atomic E-state index is 0.194. The van der Waals surface area contributed by atoms with E-state index < -0.39 is 0 Å². The van der Waals surface area contributed by atoms with Crippen molar-refractivity contribution in [2.45, 2.75) is 51.0 Å². The molecule has 0 aromatic rings. The Balaban J connectivity index is 1.69. The lowest BCUT2D eigenvalue weighted by molar-refractivity contribution is -0.127. The molecule has 2 aliphatic rings. The average molecular weight is 211 g/mol. The number of hydrogen-bond donors (Lipinski definition) is 2. The molecule has 0 heterocycles. The standard InChI is InChI=1S/C12H21NO2/c14-11-7-2-1-4-10(11)8-13-12(15)9-5-3-6-9/h9-11,14H,1-8H2,(H,13,15). The van der Waals surface area contributed by atoms with E-state index in [9.17, 15) is 9.90 Å². The van der Waals surface area contributed by atoms with Gasteiger partial charge in [-0.3, -0.25) is 4.79 Å². The molecular weight excluding hydrogens is 190 g/mol. The fourth-order valence-corrected chi connectivity index (χ4v) is 2.47. The molecule has 0 spiro atoms. The van der Waals surface area contributed by atoms with Crippen LogP contribution >= 0.6 is 0 Å².